The number of alkyl halides is 1. The minimum absolute atomic E-state index is 0.0173. The summed E-state index contributed by atoms with van der Waals surface area (Å²) in [5.74, 6) is -2.09. The molecule has 28 heavy (non-hydrogen) atoms. The fourth-order valence-electron chi connectivity index (χ4n) is 4.14. The van der Waals surface area contributed by atoms with Crippen LogP contribution < -0.4 is 11.1 Å². The van der Waals surface area contributed by atoms with E-state index in [0.29, 0.717) is 18.0 Å². The van der Waals surface area contributed by atoms with Gasteiger partial charge in [0, 0.05) is 30.3 Å². The van der Waals surface area contributed by atoms with E-state index >= 15 is 0 Å². The molecule has 1 aromatic heterocycles. The first-order chi connectivity index (χ1) is 13.4. The van der Waals surface area contributed by atoms with Crippen LogP contribution in [0.2, 0.25) is 0 Å². The summed E-state index contributed by atoms with van der Waals surface area (Å²) in [6, 6.07) is -0.943. The highest BCUT2D eigenvalue weighted by Crippen LogP contribution is 2.41. The summed E-state index contributed by atoms with van der Waals surface area (Å²) in [6.45, 7) is 1.82. The van der Waals surface area contributed by atoms with Crippen LogP contribution in [0.3, 0.4) is 0 Å². The van der Waals surface area contributed by atoms with Crippen molar-refractivity contribution in [1.82, 2.24) is 14.9 Å². The second-order valence-electron chi connectivity index (χ2n) is 7.12. The van der Waals surface area contributed by atoms with Gasteiger partial charge in [-0.05, 0) is 12.5 Å². The summed E-state index contributed by atoms with van der Waals surface area (Å²) in [6.07, 6.45) is 6.32. The molecule has 0 saturated carbocycles. The Kier molecular flexibility index (Phi) is 4.52. The molecule has 2 aliphatic heterocycles. The predicted molar refractivity (Wildman–Crippen MR) is 95.8 cm³/mol. The Hall–Kier alpha value is -2.97. The highest BCUT2D eigenvalue weighted by atomic mass is 19.1. The zero-order chi connectivity index (χ0) is 20.0. The number of nitrogens with two attached hydrogens (primary N) is 1. The third-order valence-corrected chi connectivity index (χ3v) is 5.49. The number of hydrogen-bond acceptors (Lipinski definition) is 4. The van der Waals surface area contributed by atoms with Gasteiger partial charge < -0.3 is 20.4 Å². The maximum Gasteiger partial charge on any atom is 0.255 e. The molecule has 1 aliphatic carbocycles. The second kappa shape index (κ2) is 6.88. The Labute approximate surface area is 159 Å². The molecular formula is C19H20F2N4O3. The van der Waals surface area contributed by atoms with Gasteiger partial charge in [0.2, 0.25) is 0 Å². The maximum absolute atomic E-state index is 14.2. The van der Waals surface area contributed by atoms with Crippen LogP contribution >= 0.6 is 0 Å². The highest BCUT2D eigenvalue weighted by Gasteiger charge is 2.43. The number of fused-ring (bicyclic) bond motifs is 3. The molecule has 9 heteroatoms. The number of carbonyl (C=O) groups excluding carboxylic acids is 2. The van der Waals surface area contributed by atoms with E-state index in [4.69, 9.17) is 10.5 Å². The average molecular weight is 390 g/mol. The van der Waals surface area contributed by atoms with Gasteiger partial charge in [0.25, 0.3) is 11.8 Å². The number of amides is 2. The molecule has 0 spiro atoms. The lowest BCUT2D eigenvalue weighted by Crippen LogP contribution is -2.35. The molecule has 5 atom stereocenters. The van der Waals surface area contributed by atoms with Crippen molar-refractivity contribution in [3.63, 3.8) is 0 Å². The summed E-state index contributed by atoms with van der Waals surface area (Å²) in [7, 11) is 0. The molecule has 3 N–H and O–H groups in total. The number of imidazole rings is 1. The Balaban J connectivity index is 1.60. The highest BCUT2D eigenvalue weighted by molar-refractivity contribution is 6.18. The van der Waals surface area contributed by atoms with Gasteiger partial charge >= 0.3 is 0 Å². The number of halogens is 2. The number of rotatable bonds is 5. The Morgan fingerprint density at radius 3 is 2.93 bits per heavy atom. The monoisotopic (exact) mass is 390 g/mol. The summed E-state index contributed by atoms with van der Waals surface area (Å²) in [5.41, 5.74) is 5.65. The largest absolute Gasteiger partial charge is 0.493 e. The van der Waals surface area contributed by atoms with Crippen LogP contribution in [0, 0.1) is 11.8 Å². The summed E-state index contributed by atoms with van der Waals surface area (Å²) < 4.78 is 35.8. The van der Waals surface area contributed by atoms with Crippen molar-refractivity contribution in [3.05, 3.63) is 48.0 Å². The minimum atomic E-state index is -1.57. The van der Waals surface area contributed by atoms with Gasteiger partial charge in [0.05, 0.1) is 11.6 Å². The SMILES string of the molecule is CCC1C(COC2=CC(F)=CC3C=C(C(N)=O)c4nccn4C23)NC(=O)C1F. The first-order valence-corrected chi connectivity index (χ1v) is 9.11. The fraction of sp³-hybridized carbons (Fsp3) is 0.421. The molecule has 7 nitrogen and oxygen atoms in total. The Morgan fingerprint density at radius 2 is 2.21 bits per heavy atom. The van der Waals surface area contributed by atoms with Gasteiger partial charge in [0.15, 0.2) is 6.17 Å². The van der Waals surface area contributed by atoms with Gasteiger partial charge in [-0.1, -0.05) is 13.0 Å². The smallest absolute Gasteiger partial charge is 0.255 e. The number of primary amides is 1. The van der Waals surface area contributed by atoms with Gasteiger partial charge in [-0.3, -0.25) is 9.59 Å². The third kappa shape index (κ3) is 2.90. The molecule has 0 radical (unpaired) electrons. The van der Waals surface area contributed by atoms with Gasteiger partial charge in [-0.2, -0.15) is 0 Å². The number of nitrogens with zero attached hydrogens (tertiary/aromatic N) is 2. The summed E-state index contributed by atoms with van der Waals surface area (Å²) >= 11 is 0. The lowest BCUT2D eigenvalue weighted by atomic mass is 9.87. The van der Waals surface area contributed by atoms with E-state index < -0.39 is 47.7 Å². The fourth-order valence-corrected chi connectivity index (χ4v) is 4.14. The van der Waals surface area contributed by atoms with Crippen molar-refractivity contribution in [1.29, 1.82) is 0 Å². The van der Waals surface area contributed by atoms with E-state index in [0.717, 1.165) is 0 Å². The van der Waals surface area contributed by atoms with Crippen LogP contribution in [0.4, 0.5) is 8.78 Å². The van der Waals surface area contributed by atoms with Gasteiger partial charge in [-0.25, -0.2) is 13.8 Å². The molecule has 0 aromatic carbocycles. The Morgan fingerprint density at radius 1 is 1.43 bits per heavy atom. The number of allylic oxidation sites excluding steroid dienone is 5. The van der Waals surface area contributed by atoms with Crippen LogP contribution in [-0.4, -0.2) is 40.2 Å². The van der Waals surface area contributed by atoms with E-state index in [9.17, 15) is 18.4 Å². The van der Waals surface area contributed by atoms with Crippen molar-refractivity contribution in [3.8, 4) is 0 Å². The van der Waals surface area contributed by atoms with Crippen LogP contribution in [0.5, 0.6) is 0 Å². The number of carbonyl (C=O) groups is 2. The molecule has 4 rings (SSSR count). The van der Waals surface area contributed by atoms with Crippen molar-refractivity contribution in [2.45, 2.75) is 31.6 Å². The van der Waals surface area contributed by atoms with E-state index in [1.807, 2.05) is 0 Å². The number of nitrogens with one attached hydrogen (secondary N) is 1. The molecule has 3 heterocycles. The van der Waals surface area contributed by atoms with E-state index in [1.165, 1.54) is 18.3 Å². The molecule has 1 aromatic rings. The normalized spacial score (nSPS) is 31.2. The number of ether oxygens (including phenoxy) is 1. The zero-order valence-corrected chi connectivity index (χ0v) is 15.1. The molecule has 1 saturated heterocycles. The van der Waals surface area contributed by atoms with Crippen molar-refractivity contribution >= 4 is 17.4 Å². The molecule has 3 aliphatic rings. The average Bonchev–Trinajstić information content (AvgIpc) is 3.23. The Bertz CT molecular complexity index is 920. The summed E-state index contributed by atoms with van der Waals surface area (Å²) in [4.78, 5) is 27.5. The topological polar surface area (TPSA) is 99.2 Å². The van der Waals surface area contributed by atoms with Crippen LogP contribution in [0.15, 0.2) is 42.2 Å². The predicted octanol–water partition coefficient (Wildman–Crippen LogP) is 1.55. The molecule has 2 amide bonds. The molecule has 1 fully saturated rings. The molecule has 5 unspecified atom stereocenters. The minimum Gasteiger partial charge on any atom is -0.493 e. The molecule has 148 valence electrons. The second-order valence-corrected chi connectivity index (χ2v) is 7.12. The zero-order valence-electron chi connectivity index (χ0n) is 15.1. The van der Waals surface area contributed by atoms with E-state index in [-0.39, 0.29) is 12.2 Å². The van der Waals surface area contributed by atoms with Gasteiger partial charge in [0.1, 0.15) is 30.1 Å². The van der Waals surface area contributed by atoms with Crippen LogP contribution in [0.1, 0.15) is 25.2 Å². The van der Waals surface area contributed by atoms with Crippen LogP contribution in [-0.2, 0) is 14.3 Å². The first kappa shape index (κ1) is 18.4. The van der Waals surface area contributed by atoms with E-state index in [1.54, 1.807) is 23.8 Å². The summed E-state index contributed by atoms with van der Waals surface area (Å²) in [5, 5.41) is 2.60. The van der Waals surface area contributed by atoms with E-state index in [2.05, 4.69) is 10.3 Å². The number of aromatic nitrogens is 2. The van der Waals surface area contributed by atoms with Crippen molar-refractivity contribution in [2.75, 3.05) is 6.61 Å². The van der Waals surface area contributed by atoms with Gasteiger partial charge in [-0.15, -0.1) is 0 Å². The van der Waals surface area contributed by atoms with Crippen molar-refractivity contribution < 1.29 is 23.1 Å². The first-order valence-electron chi connectivity index (χ1n) is 9.11. The van der Waals surface area contributed by atoms with Crippen molar-refractivity contribution in [2.24, 2.45) is 17.6 Å². The lowest BCUT2D eigenvalue weighted by molar-refractivity contribution is -0.124. The molecule has 0 bridgehead atoms. The lowest BCUT2D eigenvalue weighted by Gasteiger charge is -2.34. The third-order valence-electron chi connectivity index (χ3n) is 5.49. The standard InChI is InChI=1S/C19H20F2N4O3/c1-2-11-13(24-19(27)15(11)21)8-28-14-7-10(20)5-9-6-12(17(22)26)18-23-3-4-25(18)16(9)14/h3-7,9,11,13,15-16H,2,8H2,1H3,(H2,22,26)(H,24,27). The number of hydrogen-bond donors (Lipinski definition) is 2. The van der Waals surface area contributed by atoms with Crippen LogP contribution in [0.25, 0.3) is 5.57 Å². The molecular weight excluding hydrogens is 370 g/mol. The maximum atomic E-state index is 14.2. The quantitative estimate of drug-likeness (QED) is 0.797.